The van der Waals surface area contributed by atoms with E-state index in [4.69, 9.17) is 0 Å². The van der Waals surface area contributed by atoms with Crippen molar-refractivity contribution in [2.45, 2.75) is 13.5 Å². The second kappa shape index (κ2) is 7.00. The number of amides is 1. The molecule has 3 aromatic rings. The normalized spacial score (nSPS) is 10.7. The summed E-state index contributed by atoms with van der Waals surface area (Å²) in [6, 6.07) is 5.82. The van der Waals surface area contributed by atoms with Crippen molar-refractivity contribution in [1.82, 2.24) is 9.78 Å². The van der Waals surface area contributed by atoms with Gasteiger partial charge in [-0.3, -0.25) is 4.79 Å². The van der Waals surface area contributed by atoms with Crippen molar-refractivity contribution >= 4 is 28.7 Å². The number of aromatic nitrogens is 2. The fourth-order valence-electron chi connectivity index (χ4n) is 2.27. The topological polar surface area (TPSA) is 90.1 Å². The highest BCUT2D eigenvalue weighted by molar-refractivity contribution is 7.12. The van der Waals surface area contributed by atoms with Gasteiger partial charge in [0.05, 0.1) is 34.0 Å². The molecule has 0 fully saturated rings. The largest absolute Gasteiger partial charge is 0.390 e. The monoisotopic (exact) mass is 378 g/mol. The molecule has 10 heteroatoms. The van der Waals surface area contributed by atoms with E-state index in [9.17, 15) is 23.7 Å². The molecule has 0 aliphatic carbocycles. The molecule has 0 unspecified atom stereocenters. The number of aryl methyl sites for hydroxylation is 1. The predicted octanol–water partition coefficient (Wildman–Crippen LogP) is 3.74. The van der Waals surface area contributed by atoms with Gasteiger partial charge in [0, 0.05) is 6.07 Å². The van der Waals surface area contributed by atoms with Gasteiger partial charge in [0.15, 0.2) is 0 Å². The molecule has 134 valence electrons. The molecule has 0 radical (unpaired) electrons. The third-order valence-electron chi connectivity index (χ3n) is 3.54. The SMILES string of the molecule is Cc1cc([N+](=O)[O-])nn1Cc1csc(C(=O)Nc2ccc(F)cc2F)c1. The number of rotatable bonds is 5. The lowest BCUT2D eigenvalue weighted by Gasteiger charge is -2.04. The Morgan fingerprint density at radius 2 is 2.12 bits per heavy atom. The van der Waals surface area contributed by atoms with Gasteiger partial charge in [-0.15, -0.1) is 11.3 Å². The molecule has 7 nitrogen and oxygen atoms in total. The number of thiophene rings is 1. The molecule has 0 saturated heterocycles. The van der Waals surface area contributed by atoms with E-state index < -0.39 is 22.5 Å². The van der Waals surface area contributed by atoms with E-state index in [0.717, 1.165) is 29.0 Å². The van der Waals surface area contributed by atoms with E-state index in [0.29, 0.717) is 16.6 Å². The van der Waals surface area contributed by atoms with Gasteiger partial charge >= 0.3 is 5.82 Å². The summed E-state index contributed by atoms with van der Waals surface area (Å²) in [4.78, 5) is 22.7. The van der Waals surface area contributed by atoms with Crippen LogP contribution in [-0.4, -0.2) is 20.6 Å². The lowest BCUT2D eigenvalue weighted by molar-refractivity contribution is -0.389. The van der Waals surface area contributed by atoms with Crippen LogP contribution in [0.4, 0.5) is 20.3 Å². The Balaban J connectivity index is 1.73. The summed E-state index contributed by atoms with van der Waals surface area (Å²) >= 11 is 1.14. The fraction of sp³-hybridized carbons (Fsp3) is 0.125. The lowest BCUT2D eigenvalue weighted by atomic mass is 10.2. The molecular weight excluding hydrogens is 366 g/mol. The number of nitrogens with zero attached hydrogens (tertiary/aromatic N) is 3. The first-order valence-corrected chi connectivity index (χ1v) is 8.24. The maximum absolute atomic E-state index is 13.6. The van der Waals surface area contributed by atoms with E-state index in [2.05, 4.69) is 10.4 Å². The van der Waals surface area contributed by atoms with Gasteiger partial charge in [-0.1, -0.05) is 0 Å². The number of nitrogens with one attached hydrogen (secondary N) is 1. The molecule has 0 bridgehead atoms. The summed E-state index contributed by atoms with van der Waals surface area (Å²) in [7, 11) is 0. The van der Waals surface area contributed by atoms with Crippen molar-refractivity contribution in [3.05, 3.63) is 73.6 Å². The average Bonchev–Trinajstić information content (AvgIpc) is 3.18. The Morgan fingerprint density at radius 3 is 2.77 bits per heavy atom. The first-order chi connectivity index (χ1) is 12.3. The first-order valence-electron chi connectivity index (χ1n) is 7.36. The Morgan fingerprint density at radius 1 is 1.35 bits per heavy atom. The summed E-state index contributed by atoms with van der Waals surface area (Å²) < 4.78 is 28.0. The van der Waals surface area contributed by atoms with Crippen LogP contribution in [-0.2, 0) is 6.54 Å². The van der Waals surface area contributed by atoms with Crippen molar-refractivity contribution in [2.75, 3.05) is 5.32 Å². The van der Waals surface area contributed by atoms with E-state index in [-0.39, 0.29) is 18.1 Å². The van der Waals surface area contributed by atoms with E-state index in [1.54, 1.807) is 18.4 Å². The van der Waals surface area contributed by atoms with E-state index in [1.165, 1.54) is 10.7 Å². The van der Waals surface area contributed by atoms with Gasteiger partial charge in [0.2, 0.25) is 0 Å². The zero-order chi connectivity index (χ0) is 18.8. The molecule has 2 aromatic heterocycles. The molecule has 0 spiro atoms. The molecule has 26 heavy (non-hydrogen) atoms. The third-order valence-corrected chi connectivity index (χ3v) is 4.52. The van der Waals surface area contributed by atoms with Gasteiger partial charge < -0.3 is 15.4 Å². The van der Waals surface area contributed by atoms with Gasteiger partial charge in [-0.05, 0) is 41.0 Å². The fourth-order valence-corrected chi connectivity index (χ4v) is 3.07. The second-order valence-corrected chi connectivity index (χ2v) is 6.37. The summed E-state index contributed by atoms with van der Waals surface area (Å²) in [6.07, 6.45) is 0. The minimum atomic E-state index is -0.866. The Bertz CT molecular complexity index is 999. The first kappa shape index (κ1) is 17.7. The zero-order valence-electron chi connectivity index (χ0n) is 13.4. The standard InChI is InChI=1S/C16H12F2N4O3S/c1-9-4-15(22(24)25)20-21(9)7-10-5-14(26-8-10)16(23)19-13-3-2-11(17)6-12(13)18/h2-6,8H,7H2,1H3,(H,19,23). The minimum Gasteiger partial charge on any atom is -0.358 e. The summed E-state index contributed by atoms with van der Waals surface area (Å²) in [5.41, 5.74) is 1.22. The summed E-state index contributed by atoms with van der Waals surface area (Å²) in [5, 5.41) is 18.7. The van der Waals surface area contributed by atoms with Crippen LogP contribution in [0.2, 0.25) is 0 Å². The molecular formula is C16H12F2N4O3S. The van der Waals surface area contributed by atoms with E-state index >= 15 is 0 Å². The molecule has 0 aliphatic rings. The zero-order valence-corrected chi connectivity index (χ0v) is 14.2. The quantitative estimate of drug-likeness (QED) is 0.541. The van der Waals surface area contributed by atoms with Crippen molar-refractivity contribution in [3.8, 4) is 0 Å². The predicted molar refractivity (Wildman–Crippen MR) is 91.4 cm³/mol. The van der Waals surface area contributed by atoms with Crippen LogP contribution in [0.25, 0.3) is 0 Å². The molecule has 1 aromatic carbocycles. The number of carbonyl (C=O) groups excluding carboxylic acids is 1. The van der Waals surface area contributed by atoms with Gasteiger partial charge in [0.1, 0.15) is 11.6 Å². The lowest BCUT2D eigenvalue weighted by Crippen LogP contribution is -2.11. The highest BCUT2D eigenvalue weighted by Gasteiger charge is 2.17. The van der Waals surface area contributed by atoms with Gasteiger partial charge in [-0.25, -0.2) is 8.78 Å². The molecule has 0 atom stereocenters. The number of hydrogen-bond acceptors (Lipinski definition) is 5. The molecule has 1 amide bonds. The van der Waals surface area contributed by atoms with Gasteiger partial charge in [0.25, 0.3) is 5.91 Å². The van der Waals surface area contributed by atoms with Gasteiger partial charge in [-0.2, -0.15) is 4.68 Å². The van der Waals surface area contributed by atoms with Crippen molar-refractivity contribution in [2.24, 2.45) is 0 Å². The average molecular weight is 378 g/mol. The summed E-state index contributed by atoms with van der Waals surface area (Å²) in [5.74, 6) is -2.38. The maximum atomic E-state index is 13.6. The molecule has 0 aliphatic heterocycles. The van der Waals surface area contributed by atoms with Crippen LogP contribution in [0.15, 0.2) is 35.7 Å². The van der Waals surface area contributed by atoms with Crippen LogP contribution in [0.1, 0.15) is 20.9 Å². The Kier molecular flexibility index (Phi) is 4.76. The van der Waals surface area contributed by atoms with Crippen LogP contribution < -0.4 is 5.32 Å². The number of hydrogen-bond donors (Lipinski definition) is 1. The summed E-state index contributed by atoms with van der Waals surface area (Å²) in [6.45, 7) is 1.95. The molecule has 1 N–H and O–H groups in total. The Labute approximate surface area is 150 Å². The third kappa shape index (κ3) is 3.75. The number of anilines is 1. The van der Waals surface area contributed by atoms with Crippen molar-refractivity contribution in [1.29, 1.82) is 0 Å². The van der Waals surface area contributed by atoms with Crippen molar-refractivity contribution in [3.63, 3.8) is 0 Å². The van der Waals surface area contributed by atoms with Crippen LogP contribution >= 0.6 is 11.3 Å². The molecule has 0 saturated carbocycles. The van der Waals surface area contributed by atoms with Crippen LogP contribution in [0.5, 0.6) is 0 Å². The highest BCUT2D eigenvalue weighted by atomic mass is 32.1. The van der Waals surface area contributed by atoms with Crippen LogP contribution in [0, 0.1) is 28.7 Å². The number of halogens is 2. The smallest absolute Gasteiger partial charge is 0.358 e. The van der Waals surface area contributed by atoms with E-state index in [1.807, 2.05) is 0 Å². The highest BCUT2D eigenvalue weighted by Crippen LogP contribution is 2.21. The molecule has 2 heterocycles. The number of benzene rings is 1. The van der Waals surface area contributed by atoms with Crippen molar-refractivity contribution < 1.29 is 18.5 Å². The maximum Gasteiger partial charge on any atom is 0.390 e. The number of carbonyl (C=O) groups is 1. The Hall–Kier alpha value is -3.14. The second-order valence-electron chi connectivity index (χ2n) is 5.46. The molecule has 3 rings (SSSR count). The van der Waals surface area contributed by atoms with Crippen LogP contribution in [0.3, 0.4) is 0 Å². The number of nitro groups is 1. The minimum absolute atomic E-state index is 0.120.